The normalized spacial score (nSPS) is 14.8. The maximum absolute atomic E-state index is 13.2. The van der Waals surface area contributed by atoms with Gasteiger partial charge >= 0.3 is 6.03 Å². The first kappa shape index (κ1) is 22.8. The van der Waals surface area contributed by atoms with Gasteiger partial charge in [-0.25, -0.2) is 9.69 Å². The Kier molecular flexibility index (Phi) is 6.73. The summed E-state index contributed by atoms with van der Waals surface area (Å²) in [6, 6.07) is 20.8. The summed E-state index contributed by atoms with van der Waals surface area (Å²) in [7, 11) is 0. The highest BCUT2D eigenvalue weighted by atomic mass is 16.5. The standard InChI is InChI=1S/C27H24N2O5/c1-3-33-22-14-12-21(13-15-22)29-26(31)23(25(30)28-27(29)32)16-20-6-4-5-7-24(20)34-17-19-10-8-18(2)9-11-19/h4-16H,3,17H2,1-2H3,(H,28,30,32)/b23-16+. The van der Waals surface area contributed by atoms with Gasteiger partial charge < -0.3 is 9.47 Å². The van der Waals surface area contributed by atoms with Crippen molar-refractivity contribution < 1.29 is 23.9 Å². The molecule has 1 saturated heterocycles. The molecule has 0 aromatic heterocycles. The Hall–Kier alpha value is -4.39. The number of amides is 4. The molecular formula is C27H24N2O5. The molecule has 0 radical (unpaired) electrons. The summed E-state index contributed by atoms with van der Waals surface area (Å²) in [5, 5.41) is 2.24. The molecule has 0 aliphatic carbocycles. The fourth-order valence-electron chi connectivity index (χ4n) is 3.48. The number of carbonyl (C=O) groups is 3. The molecule has 7 nitrogen and oxygen atoms in total. The van der Waals surface area contributed by atoms with Gasteiger partial charge in [-0.1, -0.05) is 48.0 Å². The van der Waals surface area contributed by atoms with Crippen LogP contribution in [0.5, 0.6) is 11.5 Å². The molecule has 1 N–H and O–H groups in total. The van der Waals surface area contributed by atoms with Gasteiger partial charge in [-0.2, -0.15) is 0 Å². The van der Waals surface area contributed by atoms with E-state index in [2.05, 4.69) is 5.32 Å². The topological polar surface area (TPSA) is 84.9 Å². The predicted molar refractivity (Wildman–Crippen MR) is 129 cm³/mol. The van der Waals surface area contributed by atoms with E-state index in [0.29, 0.717) is 36.0 Å². The van der Waals surface area contributed by atoms with Crippen LogP contribution in [-0.4, -0.2) is 24.5 Å². The molecule has 1 aliphatic heterocycles. The average Bonchev–Trinajstić information content (AvgIpc) is 2.83. The van der Waals surface area contributed by atoms with E-state index in [9.17, 15) is 14.4 Å². The van der Waals surface area contributed by atoms with Gasteiger partial charge in [-0.3, -0.25) is 14.9 Å². The number of ether oxygens (including phenoxy) is 2. The van der Waals surface area contributed by atoms with Gasteiger partial charge in [0.05, 0.1) is 12.3 Å². The van der Waals surface area contributed by atoms with Crippen LogP contribution in [0.25, 0.3) is 6.08 Å². The molecule has 3 aromatic carbocycles. The van der Waals surface area contributed by atoms with Crippen molar-refractivity contribution in [2.45, 2.75) is 20.5 Å². The van der Waals surface area contributed by atoms with E-state index in [-0.39, 0.29) is 5.57 Å². The fourth-order valence-corrected chi connectivity index (χ4v) is 3.48. The van der Waals surface area contributed by atoms with Crippen LogP contribution in [0.2, 0.25) is 0 Å². The first-order valence-corrected chi connectivity index (χ1v) is 10.9. The van der Waals surface area contributed by atoms with E-state index in [0.717, 1.165) is 16.0 Å². The Morgan fingerprint density at radius 1 is 0.882 bits per heavy atom. The molecule has 7 heteroatoms. The lowest BCUT2D eigenvalue weighted by Gasteiger charge is -2.26. The molecule has 1 aliphatic rings. The molecule has 0 bridgehead atoms. The third kappa shape index (κ3) is 4.99. The van der Waals surface area contributed by atoms with Crippen LogP contribution >= 0.6 is 0 Å². The van der Waals surface area contributed by atoms with E-state index >= 15 is 0 Å². The van der Waals surface area contributed by atoms with E-state index in [1.807, 2.05) is 44.2 Å². The molecule has 0 saturated carbocycles. The van der Waals surface area contributed by atoms with E-state index in [1.165, 1.54) is 6.08 Å². The van der Waals surface area contributed by atoms with Crippen LogP contribution in [-0.2, 0) is 16.2 Å². The smallest absolute Gasteiger partial charge is 0.335 e. The van der Waals surface area contributed by atoms with E-state index in [4.69, 9.17) is 9.47 Å². The summed E-state index contributed by atoms with van der Waals surface area (Å²) in [4.78, 5) is 39.1. The second kappa shape index (κ2) is 10.0. The molecule has 0 unspecified atom stereocenters. The number of anilines is 1. The van der Waals surface area contributed by atoms with Gasteiger partial charge in [-0.05, 0) is 55.8 Å². The van der Waals surface area contributed by atoms with Gasteiger partial charge in [0, 0.05) is 5.56 Å². The summed E-state index contributed by atoms with van der Waals surface area (Å²) in [5.74, 6) is -0.347. The van der Waals surface area contributed by atoms with Crippen molar-refractivity contribution in [1.29, 1.82) is 0 Å². The number of aryl methyl sites for hydroxylation is 1. The first-order valence-electron chi connectivity index (χ1n) is 10.9. The van der Waals surface area contributed by atoms with E-state index in [1.54, 1.807) is 42.5 Å². The summed E-state index contributed by atoms with van der Waals surface area (Å²) in [6.45, 7) is 4.70. The summed E-state index contributed by atoms with van der Waals surface area (Å²) >= 11 is 0. The van der Waals surface area contributed by atoms with Crippen LogP contribution in [0, 0.1) is 6.92 Å². The number of nitrogens with one attached hydrogen (secondary N) is 1. The third-order valence-corrected chi connectivity index (χ3v) is 5.24. The first-order chi connectivity index (χ1) is 16.5. The van der Waals surface area contributed by atoms with Crippen LogP contribution in [0.1, 0.15) is 23.6 Å². The number of hydrogen-bond acceptors (Lipinski definition) is 5. The number of para-hydroxylation sites is 1. The number of benzene rings is 3. The minimum atomic E-state index is -0.805. The minimum absolute atomic E-state index is 0.167. The Morgan fingerprint density at radius 3 is 2.29 bits per heavy atom. The molecule has 1 fully saturated rings. The molecule has 0 atom stereocenters. The highest BCUT2D eigenvalue weighted by Crippen LogP contribution is 2.27. The Balaban J connectivity index is 1.60. The molecule has 4 amide bonds. The molecule has 34 heavy (non-hydrogen) atoms. The van der Waals surface area contributed by atoms with Crippen molar-refractivity contribution >= 4 is 29.6 Å². The number of carbonyl (C=O) groups excluding carboxylic acids is 3. The number of barbiturate groups is 1. The van der Waals surface area contributed by atoms with Gasteiger partial charge in [0.2, 0.25) is 0 Å². The average molecular weight is 456 g/mol. The zero-order valence-corrected chi connectivity index (χ0v) is 18.9. The van der Waals surface area contributed by atoms with Gasteiger partial charge in [0.15, 0.2) is 0 Å². The molecular weight excluding hydrogens is 432 g/mol. The zero-order chi connectivity index (χ0) is 24.1. The minimum Gasteiger partial charge on any atom is -0.494 e. The quantitative estimate of drug-likeness (QED) is 0.414. The number of urea groups is 1. The predicted octanol–water partition coefficient (Wildman–Crippen LogP) is 4.64. The lowest BCUT2D eigenvalue weighted by Crippen LogP contribution is -2.54. The monoisotopic (exact) mass is 456 g/mol. The van der Waals surface area contributed by atoms with Crippen LogP contribution < -0.4 is 19.7 Å². The van der Waals surface area contributed by atoms with Crippen LogP contribution in [0.4, 0.5) is 10.5 Å². The van der Waals surface area contributed by atoms with Crippen molar-refractivity contribution in [3.63, 3.8) is 0 Å². The highest BCUT2D eigenvalue weighted by Gasteiger charge is 2.37. The van der Waals surface area contributed by atoms with Gasteiger partial charge in [-0.15, -0.1) is 0 Å². The molecule has 172 valence electrons. The summed E-state index contributed by atoms with van der Waals surface area (Å²) < 4.78 is 11.4. The molecule has 3 aromatic rings. The Bertz CT molecular complexity index is 1250. The van der Waals surface area contributed by atoms with Crippen molar-refractivity contribution in [1.82, 2.24) is 5.32 Å². The second-order valence-electron chi connectivity index (χ2n) is 7.70. The zero-order valence-electron chi connectivity index (χ0n) is 18.9. The Morgan fingerprint density at radius 2 is 1.59 bits per heavy atom. The second-order valence-corrected chi connectivity index (χ2v) is 7.70. The van der Waals surface area contributed by atoms with Crippen molar-refractivity contribution in [2.24, 2.45) is 0 Å². The SMILES string of the molecule is CCOc1ccc(N2C(=O)NC(=O)/C(=C\c3ccccc3OCc3ccc(C)cc3)C2=O)cc1. The van der Waals surface area contributed by atoms with Crippen molar-refractivity contribution in [3.05, 3.63) is 95.1 Å². The number of imide groups is 2. The van der Waals surface area contributed by atoms with Gasteiger partial charge in [0.25, 0.3) is 11.8 Å². The number of rotatable bonds is 7. The largest absolute Gasteiger partial charge is 0.494 e. The molecule has 1 heterocycles. The third-order valence-electron chi connectivity index (χ3n) is 5.24. The Labute approximate surface area is 197 Å². The van der Waals surface area contributed by atoms with Crippen LogP contribution in [0.3, 0.4) is 0 Å². The fraction of sp³-hybridized carbons (Fsp3) is 0.148. The maximum Gasteiger partial charge on any atom is 0.335 e. The molecule has 4 rings (SSSR count). The van der Waals surface area contributed by atoms with Crippen molar-refractivity contribution in [3.8, 4) is 11.5 Å². The lowest BCUT2D eigenvalue weighted by atomic mass is 10.1. The summed E-state index contributed by atoms with van der Waals surface area (Å²) in [6.07, 6.45) is 1.44. The molecule has 0 spiro atoms. The maximum atomic E-state index is 13.2. The number of hydrogen-bond donors (Lipinski definition) is 1. The summed E-state index contributed by atoms with van der Waals surface area (Å²) in [5.41, 5.74) is 2.86. The highest BCUT2D eigenvalue weighted by molar-refractivity contribution is 6.39. The van der Waals surface area contributed by atoms with E-state index < -0.39 is 17.8 Å². The van der Waals surface area contributed by atoms with Crippen LogP contribution in [0.15, 0.2) is 78.4 Å². The lowest BCUT2D eigenvalue weighted by molar-refractivity contribution is -0.122. The number of nitrogens with zero attached hydrogens (tertiary/aromatic N) is 1. The van der Waals surface area contributed by atoms with Gasteiger partial charge in [0.1, 0.15) is 23.7 Å². The van der Waals surface area contributed by atoms with Crippen molar-refractivity contribution in [2.75, 3.05) is 11.5 Å².